The summed E-state index contributed by atoms with van der Waals surface area (Å²) in [6, 6.07) is 5.17. The number of aromatic amines is 1. The van der Waals surface area contributed by atoms with Crippen LogP contribution in [0.4, 0.5) is 8.78 Å². The van der Waals surface area contributed by atoms with Gasteiger partial charge in [0.15, 0.2) is 11.4 Å². The summed E-state index contributed by atoms with van der Waals surface area (Å²) in [5, 5.41) is 16.4. The number of H-pyrrole nitrogens is 1. The number of hydrogen-bond donors (Lipinski definition) is 4. The molecule has 5 rings (SSSR count). The average molecular weight is 660 g/mol. The van der Waals surface area contributed by atoms with Crippen LogP contribution in [-0.4, -0.2) is 45.8 Å². The van der Waals surface area contributed by atoms with Crippen LogP contribution >= 0.6 is 23.2 Å². The van der Waals surface area contributed by atoms with Crippen LogP contribution in [0.5, 0.6) is 17.2 Å². The van der Waals surface area contributed by atoms with Crippen molar-refractivity contribution in [2.45, 2.75) is 61.9 Å². The van der Waals surface area contributed by atoms with Crippen LogP contribution in [0.3, 0.4) is 0 Å². The number of amides is 1. The molecule has 0 saturated heterocycles. The zero-order chi connectivity index (χ0) is 31.3. The van der Waals surface area contributed by atoms with E-state index in [1.807, 2.05) is 6.92 Å². The standard InChI is InChI=1S/C26H25Cl2F2N5O7S/c1-2-26(32-23(37)12-3-4-12)10-13(11-26)34-43(40,41)19-9-15(5-6-18(19)36)42-21-16(27)7-14(8-17(21)28)35-25(39)31-24(38)20(33-35)22(29)30/h5-9,12-13,22,34,36H,2-4,10-11H2,1H3,(H,32,37)(H,31,38,39). The molecule has 1 aromatic heterocycles. The summed E-state index contributed by atoms with van der Waals surface area (Å²) >= 11 is 12.6. The molecule has 0 aliphatic heterocycles. The molecule has 2 aliphatic rings. The van der Waals surface area contributed by atoms with E-state index >= 15 is 0 Å². The number of alkyl halides is 2. The Balaban J connectivity index is 1.34. The number of phenols is 1. The van der Waals surface area contributed by atoms with Crippen molar-refractivity contribution in [1.29, 1.82) is 0 Å². The van der Waals surface area contributed by atoms with Crippen molar-refractivity contribution in [3.05, 3.63) is 66.9 Å². The van der Waals surface area contributed by atoms with Gasteiger partial charge in [-0.1, -0.05) is 30.1 Å². The fraction of sp³-hybridized carbons (Fsp3) is 0.385. The van der Waals surface area contributed by atoms with E-state index < -0.39 is 55.6 Å². The maximum Gasteiger partial charge on any atom is 0.349 e. The molecule has 0 bridgehead atoms. The highest BCUT2D eigenvalue weighted by Gasteiger charge is 2.47. The molecule has 2 aromatic carbocycles. The number of aromatic hydroxyl groups is 1. The largest absolute Gasteiger partial charge is 0.507 e. The van der Waals surface area contributed by atoms with Crippen LogP contribution in [-0.2, 0) is 14.8 Å². The number of sulfonamides is 1. The Kier molecular flexibility index (Phi) is 8.28. The Morgan fingerprint density at radius 1 is 1.21 bits per heavy atom. The summed E-state index contributed by atoms with van der Waals surface area (Å²) in [5.41, 5.74) is -4.31. The van der Waals surface area contributed by atoms with Gasteiger partial charge in [-0.25, -0.2) is 26.7 Å². The van der Waals surface area contributed by atoms with Gasteiger partial charge in [-0.3, -0.25) is 14.6 Å². The lowest BCUT2D eigenvalue weighted by molar-refractivity contribution is -0.125. The van der Waals surface area contributed by atoms with Crippen LogP contribution < -0.4 is 26.0 Å². The molecule has 1 amide bonds. The first-order valence-corrected chi connectivity index (χ1v) is 15.3. The molecule has 17 heteroatoms. The average Bonchev–Trinajstić information content (AvgIpc) is 3.75. The summed E-state index contributed by atoms with van der Waals surface area (Å²) in [4.78, 5) is 37.3. The van der Waals surface area contributed by atoms with Crippen molar-refractivity contribution in [2.24, 2.45) is 5.92 Å². The topological polar surface area (TPSA) is 172 Å². The van der Waals surface area contributed by atoms with Crippen molar-refractivity contribution in [1.82, 2.24) is 24.8 Å². The number of nitrogens with zero attached hydrogens (tertiary/aromatic N) is 2. The molecule has 0 radical (unpaired) electrons. The van der Waals surface area contributed by atoms with E-state index in [2.05, 4.69) is 15.1 Å². The van der Waals surface area contributed by atoms with Crippen molar-refractivity contribution in [3.63, 3.8) is 0 Å². The predicted molar refractivity (Wildman–Crippen MR) is 151 cm³/mol. The van der Waals surface area contributed by atoms with E-state index in [0.717, 1.165) is 37.1 Å². The van der Waals surface area contributed by atoms with E-state index in [-0.39, 0.29) is 39.1 Å². The molecule has 2 aliphatic carbocycles. The van der Waals surface area contributed by atoms with E-state index in [4.69, 9.17) is 27.9 Å². The first-order valence-electron chi connectivity index (χ1n) is 13.1. The SMILES string of the molecule is CCC1(NC(=O)C2CC2)CC(NS(=O)(=O)c2cc(Oc3c(Cl)cc(-n4nc(C(F)F)c(=O)[nH]c4=O)cc3Cl)ccc2O)C1. The van der Waals surface area contributed by atoms with Crippen molar-refractivity contribution in [3.8, 4) is 22.9 Å². The number of benzene rings is 2. The Morgan fingerprint density at radius 2 is 1.86 bits per heavy atom. The monoisotopic (exact) mass is 659 g/mol. The van der Waals surface area contributed by atoms with Gasteiger partial charge in [0.05, 0.1) is 15.7 Å². The molecule has 12 nitrogen and oxygen atoms in total. The number of aromatic nitrogens is 3. The molecular formula is C26H25Cl2F2N5O7S. The van der Waals surface area contributed by atoms with Gasteiger partial charge < -0.3 is 15.2 Å². The van der Waals surface area contributed by atoms with Gasteiger partial charge in [-0.05, 0) is 56.4 Å². The van der Waals surface area contributed by atoms with Gasteiger partial charge in [0.2, 0.25) is 15.9 Å². The summed E-state index contributed by atoms with van der Waals surface area (Å²) in [6.45, 7) is 1.92. The number of ether oxygens (including phenoxy) is 1. The Hall–Kier alpha value is -3.53. The minimum Gasteiger partial charge on any atom is -0.507 e. The Bertz CT molecular complexity index is 1800. The minimum atomic E-state index is -4.23. The smallest absolute Gasteiger partial charge is 0.349 e. The van der Waals surface area contributed by atoms with Crippen molar-refractivity contribution < 1.29 is 31.8 Å². The second-order valence-corrected chi connectivity index (χ2v) is 12.9. The molecule has 43 heavy (non-hydrogen) atoms. The molecule has 0 spiro atoms. The number of hydrogen-bond acceptors (Lipinski definition) is 8. The third-order valence-electron chi connectivity index (χ3n) is 7.34. The van der Waals surface area contributed by atoms with Crippen LogP contribution in [0, 0.1) is 5.92 Å². The second-order valence-electron chi connectivity index (χ2n) is 10.5. The normalized spacial score (nSPS) is 20.1. The van der Waals surface area contributed by atoms with Gasteiger partial charge in [-0.2, -0.15) is 9.78 Å². The number of halogens is 4. The fourth-order valence-electron chi connectivity index (χ4n) is 4.83. The van der Waals surface area contributed by atoms with Gasteiger partial charge in [0.1, 0.15) is 16.4 Å². The number of carbonyl (C=O) groups excluding carboxylic acids is 1. The first-order chi connectivity index (χ1) is 20.2. The summed E-state index contributed by atoms with van der Waals surface area (Å²) in [6.07, 6.45) is -0.129. The van der Waals surface area contributed by atoms with Gasteiger partial charge in [-0.15, -0.1) is 0 Å². The van der Waals surface area contributed by atoms with Gasteiger partial charge >= 0.3 is 5.69 Å². The Morgan fingerprint density at radius 3 is 2.44 bits per heavy atom. The molecule has 1 heterocycles. The highest BCUT2D eigenvalue weighted by molar-refractivity contribution is 7.89. The molecule has 230 valence electrons. The molecule has 2 saturated carbocycles. The molecule has 4 N–H and O–H groups in total. The van der Waals surface area contributed by atoms with E-state index in [1.165, 1.54) is 6.07 Å². The molecular weight excluding hydrogens is 635 g/mol. The minimum absolute atomic E-state index is 0.0177. The van der Waals surface area contributed by atoms with Crippen molar-refractivity contribution in [2.75, 3.05) is 0 Å². The molecule has 0 unspecified atom stereocenters. The highest BCUT2D eigenvalue weighted by Crippen LogP contribution is 2.41. The molecule has 2 fully saturated rings. The zero-order valence-corrected chi connectivity index (χ0v) is 24.7. The maximum absolute atomic E-state index is 13.2. The van der Waals surface area contributed by atoms with E-state index in [1.54, 1.807) is 4.98 Å². The predicted octanol–water partition coefficient (Wildman–Crippen LogP) is 3.78. The summed E-state index contributed by atoms with van der Waals surface area (Å²) in [7, 11) is -4.23. The van der Waals surface area contributed by atoms with E-state index in [0.29, 0.717) is 23.9 Å². The lowest BCUT2D eigenvalue weighted by Crippen LogP contribution is -2.63. The Labute approximate surface area is 253 Å². The van der Waals surface area contributed by atoms with Gasteiger partial charge in [0.25, 0.3) is 12.0 Å². The van der Waals surface area contributed by atoms with Crippen LogP contribution in [0.2, 0.25) is 10.0 Å². The lowest BCUT2D eigenvalue weighted by Gasteiger charge is -2.48. The van der Waals surface area contributed by atoms with Crippen LogP contribution in [0.1, 0.15) is 51.1 Å². The number of nitrogens with one attached hydrogen (secondary N) is 3. The third-order valence-corrected chi connectivity index (χ3v) is 9.45. The zero-order valence-electron chi connectivity index (χ0n) is 22.4. The summed E-state index contributed by atoms with van der Waals surface area (Å²) in [5.74, 6) is -0.801. The third kappa shape index (κ3) is 6.39. The number of carbonyl (C=O) groups is 1. The van der Waals surface area contributed by atoms with E-state index in [9.17, 15) is 36.7 Å². The first kappa shape index (κ1) is 30.9. The highest BCUT2D eigenvalue weighted by atomic mass is 35.5. The van der Waals surface area contributed by atoms with Crippen LogP contribution in [0.15, 0.2) is 44.8 Å². The lowest BCUT2D eigenvalue weighted by atomic mass is 9.71. The number of rotatable bonds is 10. The maximum atomic E-state index is 13.2. The van der Waals surface area contributed by atoms with Crippen molar-refractivity contribution >= 4 is 39.1 Å². The quantitative estimate of drug-likeness (QED) is 0.254. The second kappa shape index (κ2) is 11.5. The molecule has 3 aromatic rings. The molecule has 0 atom stereocenters. The fourth-order valence-corrected chi connectivity index (χ4v) is 6.73. The van der Waals surface area contributed by atoms with Gasteiger partial charge in [0, 0.05) is 23.6 Å². The summed E-state index contributed by atoms with van der Waals surface area (Å²) < 4.78 is 61.4. The number of phenolic OH excluding ortho intramolecular Hbond substituents is 1. The van der Waals surface area contributed by atoms with Crippen LogP contribution in [0.25, 0.3) is 5.69 Å².